The zero-order valence-electron chi connectivity index (χ0n) is 11.5. The van der Waals surface area contributed by atoms with Crippen LogP contribution in [0.2, 0.25) is 5.02 Å². The lowest BCUT2D eigenvalue weighted by molar-refractivity contribution is 0.361. The van der Waals surface area contributed by atoms with Crippen LogP contribution in [0, 0.1) is 5.92 Å². The molecule has 1 saturated carbocycles. The van der Waals surface area contributed by atoms with Crippen molar-refractivity contribution in [2.75, 3.05) is 5.32 Å². The number of hydrogen-bond acceptors (Lipinski definition) is 4. The van der Waals surface area contributed by atoms with Gasteiger partial charge in [0, 0.05) is 6.04 Å². The number of aromatic nitrogens is 4. The molecule has 1 fully saturated rings. The van der Waals surface area contributed by atoms with Crippen molar-refractivity contribution in [3.8, 4) is 5.69 Å². The fraction of sp³-hybridized carbons (Fsp3) is 0.500. The van der Waals surface area contributed by atoms with Crippen LogP contribution in [-0.2, 0) is 0 Å². The van der Waals surface area contributed by atoms with Crippen LogP contribution in [0.5, 0.6) is 0 Å². The van der Waals surface area contributed by atoms with Crippen molar-refractivity contribution in [2.24, 2.45) is 5.92 Å². The molecular formula is C14H18ClN5. The first kappa shape index (κ1) is 13.4. The van der Waals surface area contributed by atoms with Crippen molar-refractivity contribution in [2.45, 2.75) is 38.6 Å². The molecule has 0 unspecified atom stereocenters. The van der Waals surface area contributed by atoms with E-state index in [-0.39, 0.29) is 0 Å². The fourth-order valence-electron chi connectivity index (χ4n) is 2.67. The molecule has 1 aliphatic rings. The molecule has 0 saturated heterocycles. The van der Waals surface area contributed by atoms with Gasteiger partial charge in [-0.3, -0.25) is 0 Å². The third kappa shape index (κ3) is 2.93. The van der Waals surface area contributed by atoms with Gasteiger partial charge in [0.05, 0.1) is 16.4 Å². The van der Waals surface area contributed by atoms with E-state index >= 15 is 0 Å². The Labute approximate surface area is 123 Å². The lowest BCUT2D eigenvalue weighted by atomic mass is 9.87. The zero-order chi connectivity index (χ0) is 13.9. The first-order chi connectivity index (χ1) is 9.72. The molecule has 20 heavy (non-hydrogen) atoms. The summed E-state index contributed by atoms with van der Waals surface area (Å²) in [7, 11) is 0. The highest BCUT2D eigenvalue weighted by Crippen LogP contribution is 2.30. The SMILES string of the molecule is CC1CCC(Nc2cc(-n3cnnn3)ccc2Cl)CC1. The third-order valence-electron chi connectivity index (χ3n) is 3.94. The number of nitrogens with zero attached hydrogens (tertiary/aromatic N) is 4. The van der Waals surface area contributed by atoms with E-state index in [1.54, 1.807) is 11.0 Å². The van der Waals surface area contributed by atoms with Gasteiger partial charge in [0.1, 0.15) is 6.33 Å². The van der Waals surface area contributed by atoms with E-state index in [1.165, 1.54) is 25.7 Å². The summed E-state index contributed by atoms with van der Waals surface area (Å²) in [5.41, 5.74) is 1.87. The Bertz CT molecular complexity index is 561. The summed E-state index contributed by atoms with van der Waals surface area (Å²) >= 11 is 6.28. The predicted octanol–water partition coefficient (Wildman–Crippen LogP) is 3.31. The Morgan fingerprint density at radius 3 is 2.75 bits per heavy atom. The summed E-state index contributed by atoms with van der Waals surface area (Å²) in [6.45, 7) is 2.32. The predicted molar refractivity (Wildman–Crippen MR) is 79.2 cm³/mol. The summed E-state index contributed by atoms with van der Waals surface area (Å²) in [6, 6.07) is 6.29. The maximum atomic E-state index is 6.28. The molecule has 0 atom stereocenters. The van der Waals surface area contributed by atoms with Gasteiger partial charge in [-0.25, -0.2) is 4.68 Å². The molecule has 0 bridgehead atoms. The van der Waals surface area contributed by atoms with Crippen LogP contribution in [0.4, 0.5) is 5.69 Å². The molecule has 106 valence electrons. The minimum Gasteiger partial charge on any atom is -0.381 e. The maximum absolute atomic E-state index is 6.28. The number of anilines is 1. The van der Waals surface area contributed by atoms with E-state index in [9.17, 15) is 0 Å². The lowest BCUT2D eigenvalue weighted by Crippen LogP contribution is -2.25. The van der Waals surface area contributed by atoms with Crippen molar-refractivity contribution in [3.05, 3.63) is 29.5 Å². The molecule has 0 spiro atoms. The number of tetrazole rings is 1. The van der Waals surface area contributed by atoms with E-state index in [0.717, 1.165) is 22.3 Å². The Balaban J connectivity index is 1.77. The normalized spacial score (nSPS) is 22.7. The largest absolute Gasteiger partial charge is 0.381 e. The Kier molecular flexibility index (Phi) is 3.87. The van der Waals surface area contributed by atoms with Gasteiger partial charge < -0.3 is 5.32 Å². The summed E-state index contributed by atoms with van der Waals surface area (Å²) < 4.78 is 1.63. The van der Waals surface area contributed by atoms with Crippen molar-refractivity contribution in [1.29, 1.82) is 0 Å². The van der Waals surface area contributed by atoms with E-state index < -0.39 is 0 Å². The second-order valence-electron chi connectivity index (χ2n) is 5.52. The number of hydrogen-bond donors (Lipinski definition) is 1. The van der Waals surface area contributed by atoms with E-state index in [0.29, 0.717) is 6.04 Å². The molecule has 1 aliphatic carbocycles. The molecule has 5 nitrogen and oxygen atoms in total. The van der Waals surface area contributed by atoms with Gasteiger partial charge in [0.2, 0.25) is 0 Å². The van der Waals surface area contributed by atoms with Gasteiger partial charge in [0.25, 0.3) is 0 Å². The second-order valence-corrected chi connectivity index (χ2v) is 5.93. The molecule has 1 heterocycles. The summed E-state index contributed by atoms with van der Waals surface area (Å²) in [6.07, 6.45) is 6.54. The highest BCUT2D eigenvalue weighted by Gasteiger charge is 2.18. The minimum atomic E-state index is 0.507. The Morgan fingerprint density at radius 1 is 1.25 bits per heavy atom. The van der Waals surface area contributed by atoms with E-state index in [4.69, 9.17) is 11.6 Å². The molecule has 2 aromatic rings. The summed E-state index contributed by atoms with van der Waals surface area (Å²) in [4.78, 5) is 0. The third-order valence-corrected chi connectivity index (χ3v) is 4.27. The summed E-state index contributed by atoms with van der Waals surface area (Å²) in [5, 5.41) is 15.5. The fourth-order valence-corrected chi connectivity index (χ4v) is 2.84. The molecule has 0 radical (unpaired) electrons. The lowest BCUT2D eigenvalue weighted by Gasteiger charge is -2.28. The average Bonchev–Trinajstić information content (AvgIpc) is 2.98. The molecular weight excluding hydrogens is 274 g/mol. The first-order valence-corrected chi connectivity index (χ1v) is 7.39. The standard InChI is InChI=1S/C14H18ClN5/c1-10-2-4-11(5-3-10)17-14-8-12(6-7-13(14)15)20-9-16-18-19-20/h6-11,17H,2-5H2,1H3. The quantitative estimate of drug-likeness (QED) is 0.942. The average molecular weight is 292 g/mol. The van der Waals surface area contributed by atoms with Crippen molar-refractivity contribution in [3.63, 3.8) is 0 Å². The van der Waals surface area contributed by atoms with Crippen molar-refractivity contribution < 1.29 is 0 Å². The minimum absolute atomic E-state index is 0.507. The van der Waals surface area contributed by atoms with E-state index in [2.05, 4.69) is 27.8 Å². The Hall–Kier alpha value is -1.62. The van der Waals surface area contributed by atoms with Crippen LogP contribution in [0.3, 0.4) is 0 Å². The highest BCUT2D eigenvalue weighted by atomic mass is 35.5. The van der Waals surface area contributed by atoms with Crippen LogP contribution < -0.4 is 5.32 Å². The topological polar surface area (TPSA) is 55.6 Å². The van der Waals surface area contributed by atoms with Gasteiger partial charge in [-0.05, 0) is 60.2 Å². The molecule has 1 aromatic carbocycles. The molecule has 3 rings (SSSR count). The van der Waals surface area contributed by atoms with Gasteiger partial charge in [-0.1, -0.05) is 18.5 Å². The van der Waals surface area contributed by atoms with Crippen LogP contribution in [0.25, 0.3) is 5.69 Å². The van der Waals surface area contributed by atoms with Crippen molar-refractivity contribution in [1.82, 2.24) is 20.2 Å². The zero-order valence-corrected chi connectivity index (χ0v) is 12.2. The first-order valence-electron chi connectivity index (χ1n) is 7.02. The number of rotatable bonds is 3. The van der Waals surface area contributed by atoms with E-state index in [1.807, 2.05) is 18.2 Å². The monoisotopic (exact) mass is 291 g/mol. The Morgan fingerprint density at radius 2 is 2.05 bits per heavy atom. The maximum Gasteiger partial charge on any atom is 0.143 e. The molecule has 1 N–H and O–H groups in total. The molecule has 1 aromatic heterocycles. The number of benzene rings is 1. The summed E-state index contributed by atoms with van der Waals surface area (Å²) in [5.74, 6) is 0.844. The molecule has 0 aliphatic heterocycles. The van der Waals surface area contributed by atoms with Crippen LogP contribution in [0.15, 0.2) is 24.5 Å². The molecule has 6 heteroatoms. The second kappa shape index (κ2) is 5.79. The molecule has 0 amide bonds. The number of nitrogens with one attached hydrogen (secondary N) is 1. The van der Waals surface area contributed by atoms with Crippen LogP contribution in [-0.4, -0.2) is 26.2 Å². The van der Waals surface area contributed by atoms with Gasteiger partial charge in [0.15, 0.2) is 0 Å². The van der Waals surface area contributed by atoms with Crippen LogP contribution in [0.1, 0.15) is 32.6 Å². The van der Waals surface area contributed by atoms with Crippen LogP contribution >= 0.6 is 11.6 Å². The smallest absolute Gasteiger partial charge is 0.143 e. The van der Waals surface area contributed by atoms with Gasteiger partial charge >= 0.3 is 0 Å². The highest BCUT2D eigenvalue weighted by molar-refractivity contribution is 6.33. The van der Waals surface area contributed by atoms with Crippen molar-refractivity contribution >= 4 is 17.3 Å². The van der Waals surface area contributed by atoms with Gasteiger partial charge in [-0.2, -0.15) is 0 Å². The number of halogens is 1. The van der Waals surface area contributed by atoms with Gasteiger partial charge in [-0.15, -0.1) is 5.10 Å².